The number of carbonyl (C=O) groups excluding carboxylic acids is 1. The van der Waals surface area contributed by atoms with Gasteiger partial charge in [0.25, 0.3) is 0 Å². The van der Waals surface area contributed by atoms with E-state index in [2.05, 4.69) is 5.32 Å². The zero-order valence-electron chi connectivity index (χ0n) is 11.9. The third kappa shape index (κ3) is 4.66. The maximum Gasteiger partial charge on any atom is 0.227 e. The molecule has 21 heavy (non-hydrogen) atoms. The summed E-state index contributed by atoms with van der Waals surface area (Å²) in [5.74, 6) is -0.243. The molecule has 0 spiro atoms. The molecule has 1 aromatic rings. The molecular formula is C15H22ClFN2O2. The van der Waals surface area contributed by atoms with Gasteiger partial charge < -0.3 is 15.8 Å². The summed E-state index contributed by atoms with van der Waals surface area (Å²) in [7, 11) is 0. The molecule has 118 valence electrons. The van der Waals surface area contributed by atoms with Crippen LogP contribution in [0, 0.1) is 11.2 Å². The highest BCUT2D eigenvalue weighted by molar-refractivity contribution is 5.85. The smallest absolute Gasteiger partial charge is 0.227 e. The normalized spacial score (nSPS) is 16.9. The van der Waals surface area contributed by atoms with Crippen molar-refractivity contribution in [2.75, 3.05) is 26.3 Å². The minimum atomic E-state index is -0.485. The lowest BCUT2D eigenvalue weighted by Gasteiger charge is -2.34. The number of hydrogen-bond donors (Lipinski definition) is 2. The molecule has 0 radical (unpaired) electrons. The van der Waals surface area contributed by atoms with Gasteiger partial charge in [-0.25, -0.2) is 4.39 Å². The second-order valence-electron chi connectivity index (χ2n) is 5.23. The second-order valence-corrected chi connectivity index (χ2v) is 5.23. The summed E-state index contributed by atoms with van der Waals surface area (Å²) in [6, 6.07) is 6.32. The molecule has 1 heterocycles. The van der Waals surface area contributed by atoms with E-state index in [-0.39, 0.29) is 24.1 Å². The first-order valence-corrected chi connectivity index (χ1v) is 6.97. The van der Waals surface area contributed by atoms with Gasteiger partial charge in [-0.05, 0) is 37.0 Å². The minimum Gasteiger partial charge on any atom is -0.381 e. The Labute approximate surface area is 130 Å². The van der Waals surface area contributed by atoms with Crippen molar-refractivity contribution in [3.63, 3.8) is 0 Å². The van der Waals surface area contributed by atoms with Crippen molar-refractivity contribution in [3.05, 3.63) is 35.6 Å². The largest absolute Gasteiger partial charge is 0.381 e. The average molecular weight is 317 g/mol. The quantitative estimate of drug-likeness (QED) is 0.868. The second kappa shape index (κ2) is 8.32. The summed E-state index contributed by atoms with van der Waals surface area (Å²) in [6.07, 6.45) is 2.03. The van der Waals surface area contributed by atoms with Gasteiger partial charge in [-0.1, -0.05) is 12.1 Å². The van der Waals surface area contributed by atoms with Crippen molar-refractivity contribution in [3.8, 4) is 0 Å². The monoisotopic (exact) mass is 316 g/mol. The first kappa shape index (κ1) is 17.9. The van der Waals surface area contributed by atoms with E-state index in [1.165, 1.54) is 12.1 Å². The molecule has 0 unspecified atom stereocenters. The Balaban J connectivity index is 0.00000220. The Bertz CT molecular complexity index is 447. The summed E-state index contributed by atoms with van der Waals surface area (Å²) in [4.78, 5) is 12.3. The number of halogens is 2. The Kier molecular flexibility index (Phi) is 7.08. The van der Waals surface area contributed by atoms with Crippen LogP contribution in [0.3, 0.4) is 0 Å². The van der Waals surface area contributed by atoms with Crippen molar-refractivity contribution in [1.82, 2.24) is 5.32 Å². The van der Waals surface area contributed by atoms with Crippen LogP contribution in [0.1, 0.15) is 18.4 Å². The van der Waals surface area contributed by atoms with Crippen LogP contribution in [-0.4, -0.2) is 32.2 Å². The third-order valence-electron chi connectivity index (χ3n) is 3.93. The average Bonchev–Trinajstić information content (AvgIpc) is 2.50. The highest BCUT2D eigenvalue weighted by Crippen LogP contribution is 2.29. The predicted molar refractivity (Wildman–Crippen MR) is 81.9 cm³/mol. The number of nitrogens with one attached hydrogen (secondary N) is 1. The summed E-state index contributed by atoms with van der Waals surface area (Å²) in [5, 5.41) is 2.94. The maximum atomic E-state index is 12.8. The Morgan fingerprint density at radius 3 is 2.48 bits per heavy atom. The third-order valence-corrected chi connectivity index (χ3v) is 3.93. The van der Waals surface area contributed by atoms with Crippen LogP contribution in [0.15, 0.2) is 24.3 Å². The fraction of sp³-hybridized carbons (Fsp3) is 0.533. The molecule has 0 aliphatic carbocycles. The molecule has 3 N–H and O–H groups in total. The van der Waals surface area contributed by atoms with E-state index in [4.69, 9.17) is 10.5 Å². The molecule has 0 aromatic heterocycles. The summed E-state index contributed by atoms with van der Waals surface area (Å²) in [6.45, 7) is 2.05. The number of benzene rings is 1. The number of carbonyl (C=O) groups is 1. The lowest BCUT2D eigenvalue weighted by Crippen LogP contribution is -2.49. The van der Waals surface area contributed by atoms with Crippen molar-refractivity contribution < 1.29 is 13.9 Å². The number of ether oxygens (including phenoxy) is 1. The standard InChI is InChI=1S/C15H21FN2O2.ClH/c16-13-3-1-12(2-4-13)5-8-18-14(19)15(11-17)6-9-20-10-7-15;/h1-4H,5-11,17H2,(H,18,19);1H. The van der Waals surface area contributed by atoms with Crippen LogP contribution in [-0.2, 0) is 16.0 Å². The van der Waals surface area contributed by atoms with Gasteiger partial charge in [0.2, 0.25) is 5.91 Å². The number of rotatable bonds is 5. The number of amides is 1. The fourth-order valence-corrected chi connectivity index (χ4v) is 2.44. The number of nitrogens with two attached hydrogens (primary N) is 1. The van der Waals surface area contributed by atoms with Crippen molar-refractivity contribution in [1.29, 1.82) is 0 Å². The molecule has 0 bridgehead atoms. The first-order valence-electron chi connectivity index (χ1n) is 6.97. The SMILES string of the molecule is Cl.NCC1(C(=O)NCCc2ccc(F)cc2)CCOCC1. The first-order chi connectivity index (χ1) is 9.66. The van der Waals surface area contributed by atoms with Gasteiger partial charge in [-0.15, -0.1) is 12.4 Å². The predicted octanol–water partition coefficient (Wildman–Crippen LogP) is 1.66. The molecule has 1 aromatic carbocycles. The molecular weight excluding hydrogens is 295 g/mol. The van der Waals surface area contributed by atoms with Crippen molar-refractivity contribution >= 4 is 18.3 Å². The van der Waals surface area contributed by atoms with Crippen LogP contribution < -0.4 is 11.1 Å². The van der Waals surface area contributed by atoms with E-state index >= 15 is 0 Å². The molecule has 0 atom stereocenters. The van der Waals surface area contributed by atoms with Crippen molar-refractivity contribution in [2.45, 2.75) is 19.3 Å². The minimum absolute atomic E-state index is 0. The Hall–Kier alpha value is -1.17. The maximum absolute atomic E-state index is 12.8. The van der Waals surface area contributed by atoms with E-state index in [1.54, 1.807) is 12.1 Å². The molecule has 1 saturated heterocycles. The lowest BCUT2D eigenvalue weighted by atomic mass is 9.79. The van der Waals surface area contributed by atoms with Gasteiger partial charge >= 0.3 is 0 Å². The van der Waals surface area contributed by atoms with Gasteiger partial charge in [0, 0.05) is 26.3 Å². The molecule has 6 heteroatoms. The summed E-state index contributed by atoms with van der Waals surface area (Å²) < 4.78 is 18.1. The van der Waals surface area contributed by atoms with E-state index in [9.17, 15) is 9.18 Å². The van der Waals surface area contributed by atoms with Gasteiger partial charge in [0.15, 0.2) is 0 Å². The van der Waals surface area contributed by atoms with Crippen LogP contribution in [0.5, 0.6) is 0 Å². The molecule has 1 fully saturated rings. The van der Waals surface area contributed by atoms with Gasteiger partial charge in [-0.2, -0.15) is 0 Å². The van der Waals surface area contributed by atoms with Crippen LogP contribution in [0.2, 0.25) is 0 Å². The Morgan fingerprint density at radius 2 is 1.90 bits per heavy atom. The Morgan fingerprint density at radius 1 is 1.29 bits per heavy atom. The van der Waals surface area contributed by atoms with Crippen molar-refractivity contribution in [2.24, 2.45) is 11.1 Å². The molecule has 0 saturated carbocycles. The van der Waals surface area contributed by atoms with E-state index in [0.717, 1.165) is 5.56 Å². The number of hydrogen-bond acceptors (Lipinski definition) is 3. The highest BCUT2D eigenvalue weighted by Gasteiger charge is 2.38. The van der Waals surface area contributed by atoms with E-state index < -0.39 is 5.41 Å². The highest BCUT2D eigenvalue weighted by atomic mass is 35.5. The zero-order valence-corrected chi connectivity index (χ0v) is 12.8. The summed E-state index contributed by atoms with van der Waals surface area (Å²) >= 11 is 0. The van der Waals surface area contributed by atoms with Gasteiger partial charge in [0.1, 0.15) is 5.82 Å². The van der Waals surface area contributed by atoms with E-state index in [1.807, 2.05) is 0 Å². The topological polar surface area (TPSA) is 64.4 Å². The molecule has 1 amide bonds. The van der Waals surface area contributed by atoms with Crippen LogP contribution in [0.4, 0.5) is 4.39 Å². The molecule has 4 nitrogen and oxygen atoms in total. The van der Waals surface area contributed by atoms with Gasteiger partial charge in [-0.3, -0.25) is 4.79 Å². The fourth-order valence-electron chi connectivity index (χ4n) is 2.44. The molecule has 1 aliphatic rings. The molecule has 1 aliphatic heterocycles. The summed E-state index contributed by atoms with van der Waals surface area (Å²) in [5.41, 5.74) is 6.30. The zero-order chi connectivity index (χ0) is 14.4. The van der Waals surface area contributed by atoms with E-state index in [0.29, 0.717) is 45.6 Å². The van der Waals surface area contributed by atoms with Crippen LogP contribution in [0.25, 0.3) is 0 Å². The lowest BCUT2D eigenvalue weighted by molar-refractivity contribution is -0.135. The van der Waals surface area contributed by atoms with Gasteiger partial charge in [0.05, 0.1) is 5.41 Å². The molecule has 2 rings (SSSR count). The van der Waals surface area contributed by atoms with Crippen LogP contribution >= 0.6 is 12.4 Å².